The van der Waals surface area contributed by atoms with E-state index in [1.165, 1.54) is 17.7 Å². The van der Waals surface area contributed by atoms with Crippen molar-refractivity contribution in [2.75, 3.05) is 31.1 Å². The highest BCUT2D eigenvalue weighted by atomic mass is 32.1. The molecule has 0 aliphatic carbocycles. The van der Waals surface area contributed by atoms with Crippen LogP contribution in [0.4, 0.5) is 18.9 Å². The van der Waals surface area contributed by atoms with Crippen LogP contribution in [0.25, 0.3) is 0 Å². The van der Waals surface area contributed by atoms with Gasteiger partial charge in [0, 0.05) is 23.7 Å². The second kappa shape index (κ2) is 7.52. The lowest BCUT2D eigenvalue weighted by Crippen LogP contribution is -2.41. The van der Waals surface area contributed by atoms with Gasteiger partial charge in [-0.1, -0.05) is 0 Å². The van der Waals surface area contributed by atoms with Crippen LogP contribution in [-0.2, 0) is 12.6 Å². The lowest BCUT2D eigenvalue weighted by molar-refractivity contribution is -0.137. The van der Waals surface area contributed by atoms with Crippen molar-refractivity contribution in [2.24, 2.45) is 0 Å². The SMILES string of the molecule is CC(=O)c1cc2c(s1)CCN(c1ccc(C(F)(F)F)cc1)C2CN1CCCC1. The number of rotatable bonds is 4. The molecule has 1 fully saturated rings. The molecule has 7 heteroatoms. The fourth-order valence-corrected chi connectivity index (χ4v) is 5.30. The van der Waals surface area contributed by atoms with E-state index in [0.29, 0.717) is 0 Å². The monoisotopic (exact) mass is 408 g/mol. The van der Waals surface area contributed by atoms with Crippen molar-refractivity contribution in [1.82, 2.24) is 4.90 Å². The molecule has 150 valence electrons. The molecule has 2 aromatic rings. The fourth-order valence-electron chi connectivity index (χ4n) is 4.20. The highest BCUT2D eigenvalue weighted by molar-refractivity contribution is 7.14. The largest absolute Gasteiger partial charge is 0.416 e. The van der Waals surface area contributed by atoms with Crippen LogP contribution >= 0.6 is 11.3 Å². The summed E-state index contributed by atoms with van der Waals surface area (Å²) in [7, 11) is 0. The van der Waals surface area contributed by atoms with Crippen LogP contribution in [0.15, 0.2) is 30.3 Å². The minimum Gasteiger partial charge on any atom is -0.363 e. The van der Waals surface area contributed by atoms with Crippen LogP contribution in [0.2, 0.25) is 0 Å². The number of carbonyl (C=O) groups excluding carboxylic acids is 1. The smallest absolute Gasteiger partial charge is 0.363 e. The number of hydrogen-bond donors (Lipinski definition) is 0. The predicted octanol–water partition coefficient (Wildman–Crippen LogP) is 5.17. The summed E-state index contributed by atoms with van der Waals surface area (Å²) in [6, 6.07) is 7.52. The van der Waals surface area contributed by atoms with E-state index in [0.717, 1.165) is 60.9 Å². The van der Waals surface area contributed by atoms with Crippen molar-refractivity contribution >= 4 is 22.8 Å². The Morgan fingerprint density at radius 1 is 1.14 bits per heavy atom. The summed E-state index contributed by atoms with van der Waals surface area (Å²) < 4.78 is 38.8. The maximum absolute atomic E-state index is 12.9. The molecule has 1 saturated heterocycles. The molecular formula is C21H23F3N2OS. The van der Waals surface area contributed by atoms with E-state index in [9.17, 15) is 18.0 Å². The topological polar surface area (TPSA) is 23.6 Å². The fraction of sp³-hybridized carbons (Fsp3) is 0.476. The molecule has 0 saturated carbocycles. The first-order valence-electron chi connectivity index (χ1n) is 9.63. The number of ketones is 1. The van der Waals surface area contributed by atoms with Crippen molar-refractivity contribution in [3.63, 3.8) is 0 Å². The second-order valence-corrected chi connectivity index (χ2v) is 8.69. The maximum Gasteiger partial charge on any atom is 0.416 e. The van der Waals surface area contributed by atoms with Crippen molar-refractivity contribution in [2.45, 2.75) is 38.4 Å². The molecule has 2 aliphatic heterocycles. The number of anilines is 1. The first kappa shape index (κ1) is 19.5. The number of carbonyl (C=O) groups is 1. The number of thiophene rings is 1. The van der Waals surface area contributed by atoms with E-state index in [1.807, 2.05) is 6.07 Å². The molecule has 28 heavy (non-hydrogen) atoms. The van der Waals surface area contributed by atoms with Crippen LogP contribution < -0.4 is 4.90 Å². The number of nitrogens with zero attached hydrogens (tertiary/aromatic N) is 2. The molecule has 0 N–H and O–H groups in total. The summed E-state index contributed by atoms with van der Waals surface area (Å²) in [4.78, 5) is 18.5. The average Bonchev–Trinajstić information content (AvgIpc) is 3.31. The number of benzene rings is 1. The summed E-state index contributed by atoms with van der Waals surface area (Å²) >= 11 is 1.56. The molecule has 0 spiro atoms. The highest BCUT2D eigenvalue weighted by Crippen LogP contribution is 2.40. The predicted molar refractivity (Wildman–Crippen MR) is 105 cm³/mol. The second-order valence-electron chi connectivity index (χ2n) is 7.56. The Kier molecular flexibility index (Phi) is 5.22. The van der Waals surface area contributed by atoms with Crippen LogP contribution in [0, 0.1) is 0 Å². The first-order chi connectivity index (χ1) is 13.3. The number of fused-ring (bicyclic) bond motifs is 1. The molecule has 1 aromatic carbocycles. The minimum absolute atomic E-state index is 0.0583. The van der Waals surface area contributed by atoms with Gasteiger partial charge in [-0.3, -0.25) is 4.79 Å². The van der Waals surface area contributed by atoms with E-state index in [2.05, 4.69) is 9.80 Å². The Hall–Kier alpha value is -1.86. The highest BCUT2D eigenvalue weighted by Gasteiger charge is 2.34. The number of likely N-dealkylation sites (tertiary alicyclic amines) is 1. The molecule has 1 aromatic heterocycles. The van der Waals surface area contributed by atoms with E-state index >= 15 is 0 Å². The van der Waals surface area contributed by atoms with E-state index in [1.54, 1.807) is 30.4 Å². The Labute approximate surface area is 166 Å². The molecule has 0 radical (unpaired) electrons. The van der Waals surface area contributed by atoms with E-state index < -0.39 is 11.7 Å². The van der Waals surface area contributed by atoms with Gasteiger partial charge in [-0.25, -0.2) is 0 Å². The average molecular weight is 408 g/mol. The number of Topliss-reactive ketones (excluding diaryl/α,β-unsaturated/α-hetero) is 1. The number of alkyl halides is 3. The van der Waals surface area contributed by atoms with Gasteiger partial charge in [-0.15, -0.1) is 11.3 Å². The Balaban J connectivity index is 1.67. The zero-order valence-corrected chi connectivity index (χ0v) is 16.6. The van der Waals surface area contributed by atoms with Crippen molar-refractivity contribution in [1.29, 1.82) is 0 Å². The molecule has 1 atom stereocenters. The Morgan fingerprint density at radius 2 is 1.82 bits per heavy atom. The van der Waals surface area contributed by atoms with Gasteiger partial charge >= 0.3 is 6.18 Å². The molecule has 4 rings (SSSR count). The first-order valence-corrected chi connectivity index (χ1v) is 10.4. The van der Waals surface area contributed by atoms with Gasteiger partial charge in [-0.05, 0) is 75.2 Å². The van der Waals surface area contributed by atoms with E-state index in [-0.39, 0.29) is 11.8 Å². The zero-order chi connectivity index (χ0) is 19.9. The normalized spacial score (nSPS) is 20.4. The number of hydrogen-bond acceptors (Lipinski definition) is 4. The molecule has 3 heterocycles. The summed E-state index contributed by atoms with van der Waals surface area (Å²) in [5.74, 6) is 0.0698. The summed E-state index contributed by atoms with van der Waals surface area (Å²) in [5, 5.41) is 0. The van der Waals surface area contributed by atoms with Gasteiger partial charge in [0.2, 0.25) is 0 Å². The van der Waals surface area contributed by atoms with Gasteiger partial charge in [0.15, 0.2) is 5.78 Å². The van der Waals surface area contributed by atoms with Crippen molar-refractivity contribution < 1.29 is 18.0 Å². The van der Waals surface area contributed by atoms with Gasteiger partial charge in [-0.2, -0.15) is 13.2 Å². The van der Waals surface area contributed by atoms with Gasteiger partial charge in [0.1, 0.15) is 0 Å². The van der Waals surface area contributed by atoms with E-state index in [4.69, 9.17) is 0 Å². The van der Waals surface area contributed by atoms with Crippen LogP contribution in [0.5, 0.6) is 0 Å². The Morgan fingerprint density at radius 3 is 2.43 bits per heavy atom. The van der Waals surface area contributed by atoms with Crippen molar-refractivity contribution in [3.8, 4) is 0 Å². The molecular weight excluding hydrogens is 385 g/mol. The molecule has 0 amide bonds. The van der Waals surface area contributed by atoms with Gasteiger partial charge in [0.25, 0.3) is 0 Å². The molecule has 2 aliphatic rings. The lowest BCUT2D eigenvalue weighted by atomic mass is 9.97. The van der Waals surface area contributed by atoms with Crippen LogP contribution in [-0.4, -0.2) is 36.9 Å². The zero-order valence-electron chi connectivity index (χ0n) is 15.8. The quantitative estimate of drug-likeness (QED) is 0.652. The van der Waals surface area contributed by atoms with Gasteiger partial charge < -0.3 is 9.80 Å². The molecule has 3 nitrogen and oxygen atoms in total. The Bertz CT molecular complexity index is 854. The third-order valence-electron chi connectivity index (χ3n) is 5.66. The van der Waals surface area contributed by atoms with Gasteiger partial charge in [0.05, 0.1) is 16.5 Å². The third kappa shape index (κ3) is 3.82. The summed E-state index contributed by atoms with van der Waals surface area (Å²) in [6.45, 7) is 5.27. The maximum atomic E-state index is 12.9. The lowest BCUT2D eigenvalue weighted by Gasteiger charge is -2.39. The summed E-state index contributed by atoms with van der Waals surface area (Å²) in [6.07, 6.45) is -1.15. The third-order valence-corrected chi connectivity index (χ3v) is 6.97. The van der Waals surface area contributed by atoms with Crippen LogP contribution in [0.3, 0.4) is 0 Å². The van der Waals surface area contributed by atoms with Crippen LogP contribution in [0.1, 0.15) is 51.5 Å². The standard InChI is InChI=1S/C21H23F3N2OS/c1-14(27)20-12-17-18(13-25-9-2-3-10-25)26(11-8-19(17)28-20)16-6-4-15(5-7-16)21(22,23)24/h4-7,12,18H,2-3,8-11,13H2,1H3. The number of halogens is 3. The molecule has 1 unspecified atom stereocenters. The molecule has 0 bridgehead atoms. The van der Waals surface area contributed by atoms with Crippen molar-refractivity contribution in [3.05, 3.63) is 51.2 Å². The minimum atomic E-state index is -4.33. The summed E-state index contributed by atoms with van der Waals surface area (Å²) in [5.41, 5.74) is 1.34.